The van der Waals surface area contributed by atoms with Crippen LogP contribution in [0, 0.1) is 6.92 Å². The second-order valence-corrected chi connectivity index (χ2v) is 9.72. The van der Waals surface area contributed by atoms with Gasteiger partial charge >= 0.3 is 6.18 Å². The van der Waals surface area contributed by atoms with Gasteiger partial charge in [0.15, 0.2) is 10.8 Å². The van der Waals surface area contributed by atoms with Gasteiger partial charge in [0.25, 0.3) is 0 Å². The first-order valence-corrected chi connectivity index (χ1v) is 11.7. The highest BCUT2D eigenvalue weighted by molar-refractivity contribution is 7.80. The number of rotatable bonds is 8. The molecule has 0 bridgehead atoms. The molecule has 33 heavy (non-hydrogen) atoms. The number of alkyl halides is 3. The molecule has 0 spiro atoms. The second kappa shape index (κ2) is 10.1. The zero-order chi connectivity index (χ0) is 24.3. The average molecular weight is 492 g/mol. The molecule has 0 unspecified atom stereocenters. The Morgan fingerprint density at radius 1 is 1.18 bits per heavy atom. The summed E-state index contributed by atoms with van der Waals surface area (Å²) in [6.45, 7) is 5.73. The van der Waals surface area contributed by atoms with Gasteiger partial charge in [0.1, 0.15) is 5.01 Å². The highest BCUT2D eigenvalue weighted by Crippen LogP contribution is 2.40. The Morgan fingerprint density at radius 2 is 1.88 bits per heavy atom. The van der Waals surface area contributed by atoms with E-state index in [1.165, 1.54) is 23.5 Å². The number of halogens is 3. The summed E-state index contributed by atoms with van der Waals surface area (Å²) in [7, 11) is 0. The van der Waals surface area contributed by atoms with Crippen LogP contribution in [0.3, 0.4) is 0 Å². The number of aliphatic hydroxyl groups excluding tert-OH is 1. The minimum Gasteiger partial charge on any atom is -0.502 e. The van der Waals surface area contributed by atoms with E-state index in [1.54, 1.807) is 24.3 Å². The van der Waals surface area contributed by atoms with Crippen molar-refractivity contribution in [2.45, 2.75) is 52.1 Å². The van der Waals surface area contributed by atoms with Gasteiger partial charge in [-0.15, -0.1) is 11.3 Å². The number of nitrogens with zero attached hydrogens (tertiary/aromatic N) is 1. The molecule has 0 aliphatic carbocycles. The standard InChI is InChI=1S/C25H24F3NO2S2/c1-14(2)23-21(33-24(29-23)18-6-4-5-7-19(18)25(26,27)28)11-10-20(30)17-9-8-16(13-22(31)32)15(3)12-17/h4-9,12,14H,10-11,13H2,1-3H3,(H,31,32). The summed E-state index contributed by atoms with van der Waals surface area (Å²) >= 11 is 5.95. The molecule has 0 saturated carbocycles. The van der Waals surface area contributed by atoms with E-state index >= 15 is 0 Å². The van der Waals surface area contributed by atoms with E-state index in [1.807, 2.05) is 20.8 Å². The molecule has 0 saturated heterocycles. The van der Waals surface area contributed by atoms with Crippen molar-refractivity contribution in [2.24, 2.45) is 0 Å². The lowest BCUT2D eigenvalue weighted by molar-refractivity contribution is -0.137. The summed E-state index contributed by atoms with van der Waals surface area (Å²) in [6, 6.07) is 10.7. The van der Waals surface area contributed by atoms with Crippen LogP contribution in [0.1, 0.15) is 63.8 Å². The lowest BCUT2D eigenvalue weighted by Crippen LogP contribution is -2.06. The maximum atomic E-state index is 13.5. The summed E-state index contributed by atoms with van der Waals surface area (Å²) in [5.74, 6) is -0.0430. The molecule has 2 aromatic carbocycles. The van der Waals surface area contributed by atoms with Gasteiger partial charge in [-0.1, -0.05) is 44.2 Å². The fourth-order valence-electron chi connectivity index (χ4n) is 3.63. The zero-order valence-electron chi connectivity index (χ0n) is 18.5. The van der Waals surface area contributed by atoms with Crippen molar-refractivity contribution in [1.29, 1.82) is 0 Å². The maximum Gasteiger partial charge on any atom is 0.417 e. The molecule has 1 aromatic heterocycles. The minimum absolute atomic E-state index is 0.0157. The van der Waals surface area contributed by atoms with Crippen molar-refractivity contribution < 1.29 is 23.1 Å². The molecule has 0 radical (unpaired) electrons. The zero-order valence-corrected chi connectivity index (χ0v) is 20.1. The minimum atomic E-state index is -4.47. The van der Waals surface area contributed by atoms with Crippen molar-refractivity contribution in [3.8, 4) is 10.6 Å². The molecule has 0 fully saturated rings. The fourth-order valence-corrected chi connectivity index (χ4v) is 5.04. The van der Waals surface area contributed by atoms with Crippen molar-refractivity contribution in [3.63, 3.8) is 0 Å². The monoisotopic (exact) mass is 491 g/mol. The summed E-state index contributed by atoms with van der Waals surface area (Å²) in [5, 5.41) is 9.54. The molecule has 8 heteroatoms. The van der Waals surface area contributed by atoms with Crippen LogP contribution in [-0.4, -0.2) is 20.9 Å². The third-order valence-corrected chi connectivity index (χ3v) is 6.63. The predicted octanol–water partition coefficient (Wildman–Crippen LogP) is 7.50. The molecule has 174 valence electrons. The van der Waals surface area contributed by atoms with Gasteiger partial charge in [-0.3, -0.25) is 4.79 Å². The van der Waals surface area contributed by atoms with E-state index in [4.69, 9.17) is 12.2 Å². The van der Waals surface area contributed by atoms with Crippen molar-refractivity contribution in [3.05, 3.63) is 75.3 Å². The highest BCUT2D eigenvalue weighted by Gasteiger charge is 2.34. The van der Waals surface area contributed by atoms with E-state index < -0.39 is 11.7 Å². The third-order valence-electron chi connectivity index (χ3n) is 5.32. The molecule has 1 heterocycles. The molecule has 3 aromatic rings. The Kier molecular flexibility index (Phi) is 7.69. The number of ketones is 1. The number of carbonyl (C=O) groups is 1. The average Bonchev–Trinajstić information content (AvgIpc) is 3.17. The van der Waals surface area contributed by atoms with Crippen LogP contribution in [0.2, 0.25) is 0 Å². The number of aliphatic hydroxyl groups is 1. The second-order valence-electron chi connectivity index (χ2n) is 8.16. The molecular weight excluding hydrogens is 467 g/mol. The van der Waals surface area contributed by atoms with Crippen LogP contribution in [-0.2, 0) is 19.0 Å². The lowest BCUT2D eigenvalue weighted by atomic mass is 9.98. The topological polar surface area (TPSA) is 50.2 Å². The Hall–Kier alpha value is -2.58. The van der Waals surface area contributed by atoms with E-state index in [0.29, 0.717) is 17.0 Å². The number of hydrogen-bond donors (Lipinski definition) is 1. The van der Waals surface area contributed by atoms with Gasteiger partial charge in [0.2, 0.25) is 0 Å². The van der Waals surface area contributed by atoms with E-state index in [2.05, 4.69) is 4.98 Å². The highest BCUT2D eigenvalue weighted by atomic mass is 32.1. The Labute approximate surface area is 200 Å². The number of thiazole rings is 1. The number of aromatic nitrogens is 1. The Morgan fingerprint density at radius 3 is 2.48 bits per heavy atom. The summed E-state index contributed by atoms with van der Waals surface area (Å²) in [5.41, 5.74) is 2.35. The number of aryl methyl sites for hydroxylation is 2. The van der Waals surface area contributed by atoms with Crippen LogP contribution in [0.15, 0.2) is 42.5 Å². The SMILES string of the molecule is Cc1cc(C(=O)CCc2sc(-c3ccccc3C(F)(F)F)nc2C(C)C)ccc1CC(O)=S. The largest absolute Gasteiger partial charge is 0.502 e. The molecule has 3 rings (SSSR count). The number of Topliss-reactive ketones (excluding diaryl/α,β-unsaturated/α-hetero) is 1. The van der Waals surface area contributed by atoms with Crippen LogP contribution in [0.25, 0.3) is 10.6 Å². The van der Waals surface area contributed by atoms with Crippen molar-refractivity contribution >= 4 is 34.4 Å². The summed E-state index contributed by atoms with van der Waals surface area (Å²) < 4.78 is 40.5. The molecule has 0 aliphatic heterocycles. The van der Waals surface area contributed by atoms with Gasteiger partial charge in [0.05, 0.1) is 11.3 Å². The Bertz CT molecular complexity index is 1180. The van der Waals surface area contributed by atoms with Crippen LogP contribution in [0.5, 0.6) is 0 Å². The first-order valence-electron chi connectivity index (χ1n) is 10.5. The van der Waals surface area contributed by atoms with Gasteiger partial charge in [-0.05, 0) is 54.7 Å². The first-order chi connectivity index (χ1) is 15.5. The molecule has 0 amide bonds. The Balaban J connectivity index is 1.84. The van der Waals surface area contributed by atoms with Crippen LogP contribution < -0.4 is 0 Å². The van der Waals surface area contributed by atoms with Gasteiger partial charge in [-0.2, -0.15) is 13.2 Å². The van der Waals surface area contributed by atoms with Crippen molar-refractivity contribution in [1.82, 2.24) is 4.98 Å². The fraction of sp³-hybridized carbons (Fsp3) is 0.320. The summed E-state index contributed by atoms with van der Waals surface area (Å²) in [4.78, 5) is 18.2. The molecular formula is C25H24F3NO2S2. The van der Waals surface area contributed by atoms with Gasteiger partial charge < -0.3 is 5.11 Å². The summed E-state index contributed by atoms with van der Waals surface area (Å²) in [6.07, 6.45) is -3.59. The van der Waals surface area contributed by atoms with E-state index in [-0.39, 0.29) is 35.2 Å². The third kappa shape index (κ3) is 6.06. The van der Waals surface area contributed by atoms with Crippen LogP contribution in [0.4, 0.5) is 13.2 Å². The lowest BCUT2D eigenvalue weighted by Gasteiger charge is -2.10. The predicted molar refractivity (Wildman–Crippen MR) is 129 cm³/mol. The first kappa shape index (κ1) is 25.1. The van der Waals surface area contributed by atoms with Gasteiger partial charge in [0, 0.05) is 28.8 Å². The smallest absolute Gasteiger partial charge is 0.417 e. The van der Waals surface area contributed by atoms with E-state index in [0.717, 1.165) is 27.8 Å². The number of carbonyl (C=O) groups excluding carboxylic acids is 1. The molecule has 1 N–H and O–H groups in total. The molecule has 0 atom stereocenters. The van der Waals surface area contributed by atoms with E-state index in [9.17, 15) is 23.1 Å². The molecule has 0 aliphatic rings. The van der Waals surface area contributed by atoms with Gasteiger partial charge in [-0.25, -0.2) is 4.98 Å². The maximum absolute atomic E-state index is 13.5. The normalized spacial score (nSPS) is 11.7. The number of hydrogen-bond acceptors (Lipinski definition) is 4. The van der Waals surface area contributed by atoms with Crippen molar-refractivity contribution in [2.75, 3.05) is 0 Å². The number of benzene rings is 2. The number of thiocarbonyl (C=S) groups is 1. The van der Waals surface area contributed by atoms with Crippen LogP contribution >= 0.6 is 23.6 Å². The quantitative estimate of drug-likeness (QED) is 0.262. The molecule has 3 nitrogen and oxygen atoms in total.